The second-order valence-corrected chi connectivity index (χ2v) is 7.09. The molecule has 0 unspecified atom stereocenters. The van der Waals surface area contributed by atoms with Gasteiger partial charge in [0, 0.05) is 32.0 Å². The van der Waals surface area contributed by atoms with E-state index in [2.05, 4.69) is 29.6 Å². The van der Waals surface area contributed by atoms with Crippen molar-refractivity contribution < 1.29 is 19.1 Å². The fourth-order valence-electron chi connectivity index (χ4n) is 3.49. The molecule has 28 heavy (non-hydrogen) atoms. The second-order valence-electron chi connectivity index (χ2n) is 7.09. The van der Waals surface area contributed by atoms with Crippen LogP contribution in [0.4, 0.5) is 0 Å². The molecule has 0 aliphatic carbocycles. The van der Waals surface area contributed by atoms with E-state index in [9.17, 15) is 9.59 Å². The average molecular weight is 382 g/mol. The molecule has 0 saturated carbocycles. The standard InChI is InChI=1S/C22H26N2O4/c1-15-7-9-17(10-8-15)20-12-24(13-21(20)23-16(2)25)22(26)14-28-19-6-4-5-18(11-19)27-3/h4-11,20-21H,12-14H2,1-3H3,(H,23,25)/t20-,21+/m0/s1. The molecule has 3 rings (SSSR count). The van der Waals surface area contributed by atoms with Gasteiger partial charge in [-0.3, -0.25) is 9.59 Å². The first kappa shape index (κ1) is 19.7. The third-order valence-electron chi connectivity index (χ3n) is 4.97. The number of ether oxygens (including phenoxy) is 2. The van der Waals surface area contributed by atoms with Gasteiger partial charge in [-0.2, -0.15) is 0 Å². The highest BCUT2D eigenvalue weighted by Crippen LogP contribution is 2.28. The van der Waals surface area contributed by atoms with Crippen LogP contribution in [0.15, 0.2) is 48.5 Å². The maximum atomic E-state index is 12.7. The van der Waals surface area contributed by atoms with Crippen LogP contribution < -0.4 is 14.8 Å². The Kier molecular flexibility index (Phi) is 6.19. The monoisotopic (exact) mass is 382 g/mol. The molecule has 0 aromatic heterocycles. The van der Waals surface area contributed by atoms with Crippen LogP contribution in [0.1, 0.15) is 24.0 Å². The van der Waals surface area contributed by atoms with Gasteiger partial charge in [0.1, 0.15) is 11.5 Å². The van der Waals surface area contributed by atoms with E-state index in [0.717, 1.165) is 5.56 Å². The number of rotatable bonds is 6. The van der Waals surface area contributed by atoms with Crippen LogP contribution in [-0.2, 0) is 9.59 Å². The predicted octanol–water partition coefficient (Wildman–Crippen LogP) is 2.51. The summed E-state index contributed by atoms with van der Waals surface area (Å²) < 4.78 is 10.8. The van der Waals surface area contributed by atoms with Crippen molar-refractivity contribution in [3.8, 4) is 11.5 Å². The second kappa shape index (κ2) is 8.78. The van der Waals surface area contributed by atoms with Crippen molar-refractivity contribution in [2.75, 3.05) is 26.8 Å². The van der Waals surface area contributed by atoms with Gasteiger partial charge in [0.25, 0.3) is 5.91 Å². The number of benzene rings is 2. The molecule has 2 aromatic carbocycles. The van der Waals surface area contributed by atoms with E-state index in [-0.39, 0.29) is 30.4 Å². The molecule has 1 N–H and O–H groups in total. The zero-order chi connectivity index (χ0) is 20.1. The topological polar surface area (TPSA) is 67.9 Å². The Balaban J connectivity index is 1.66. The Labute approximate surface area is 165 Å². The minimum atomic E-state index is -0.110. The smallest absolute Gasteiger partial charge is 0.260 e. The lowest BCUT2D eigenvalue weighted by atomic mass is 9.93. The summed E-state index contributed by atoms with van der Waals surface area (Å²) in [4.78, 5) is 26.1. The van der Waals surface area contributed by atoms with Crippen LogP contribution in [-0.4, -0.2) is 49.6 Å². The van der Waals surface area contributed by atoms with Crippen LogP contribution in [0.25, 0.3) is 0 Å². The first-order valence-electron chi connectivity index (χ1n) is 9.34. The van der Waals surface area contributed by atoms with Crippen LogP contribution in [0.3, 0.4) is 0 Å². The van der Waals surface area contributed by atoms with E-state index in [1.807, 2.05) is 19.1 Å². The van der Waals surface area contributed by atoms with Crippen molar-refractivity contribution in [1.29, 1.82) is 0 Å². The van der Waals surface area contributed by atoms with E-state index in [0.29, 0.717) is 24.6 Å². The fourth-order valence-corrected chi connectivity index (χ4v) is 3.49. The van der Waals surface area contributed by atoms with Gasteiger partial charge in [0.05, 0.1) is 13.2 Å². The highest BCUT2D eigenvalue weighted by Gasteiger charge is 2.36. The molecule has 148 valence electrons. The molecular formula is C22H26N2O4. The number of likely N-dealkylation sites (tertiary alicyclic amines) is 1. The molecule has 1 aliphatic heterocycles. The SMILES string of the molecule is COc1cccc(OCC(=O)N2C[C@@H](NC(C)=O)[C@H](c3ccc(C)cc3)C2)c1. The Bertz CT molecular complexity index is 835. The maximum absolute atomic E-state index is 12.7. The Morgan fingerprint density at radius 3 is 2.50 bits per heavy atom. The molecule has 2 aromatic rings. The summed E-state index contributed by atoms with van der Waals surface area (Å²) in [6.07, 6.45) is 0. The van der Waals surface area contributed by atoms with Crippen molar-refractivity contribution >= 4 is 11.8 Å². The summed E-state index contributed by atoms with van der Waals surface area (Å²) in [6, 6.07) is 15.3. The van der Waals surface area contributed by atoms with Gasteiger partial charge in [-0.1, -0.05) is 35.9 Å². The van der Waals surface area contributed by atoms with Crippen LogP contribution in [0, 0.1) is 6.92 Å². The third-order valence-corrected chi connectivity index (χ3v) is 4.97. The first-order valence-corrected chi connectivity index (χ1v) is 9.34. The van der Waals surface area contributed by atoms with E-state index in [1.54, 1.807) is 24.1 Å². The van der Waals surface area contributed by atoms with E-state index < -0.39 is 0 Å². The minimum Gasteiger partial charge on any atom is -0.497 e. The molecule has 2 amide bonds. The number of nitrogens with one attached hydrogen (secondary N) is 1. The highest BCUT2D eigenvalue weighted by molar-refractivity contribution is 5.79. The fraction of sp³-hybridized carbons (Fsp3) is 0.364. The Morgan fingerprint density at radius 2 is 1.82 bits per heavy atom. The van der Waals surface area contributed by atoms with Gasteiger partial charge in [-0.15, -0.1) is 0 Å². The number of hydrogen-bond donors (Lipinski definition) is 1. The minimum absolute atomic E-state index is 0.0550. The summed E-state index contributed by atoms with van der Waals surface area (Å²) >= 11 is 0. The average Bonchev–Trinajstić information content (AvgIpc) is 3.10. The number of nitrogens with zero attached hydrogens (tertiary/aromatic N) is 1. The first-order chi connectivity index (χ1) is 13.5. The zero-order valence-electron chi connectivity index (χ0n) is 16.5. The van der Waals surface area contributed by atoms with E-state index in [1.165, 1.54) is 12.5 Å². The Morgan fingerprint density at radius 1 is 1.11 bits per heavy atom. The lowest BCUT2D eigenvalue weighted by Crippen LogP contribution is -2.40. The van der Waals surface area contributed by atoms with E-state index in [4.69, 9.17) is 9.47 Å². The van der Waals surface area contributed by atoms with Gasteiger partial charge >= 0.3 is 0 Å². The molecular weight excluding hydrogens is 356 g/mol. The van der Waals surface area contributed by atoms with Gasteiger partial charge in [-0.25, -0.2) is 0 Å². The number of carbonyl (C=O) groups is 2. The lowest BCUT2D eigenvalue weighted by Gasteiger charge is -2.19. The molecule has 1 saturated heterocycles. The quantitative estimate of drug-likeness (QED) is 0.834. The molecule has 0 radical (unpaired) electrons. The molecule has 6 heteroatoms. The number of aryl methyl sites for hydroxylation is 1. The summed E-state index contributed by atoms with van der Waals surface area (Å²) in [6.45, 7) is 4.51. The molecule has 2 atom stereocenters. The van der Waals surface area contributed by atoms with Crippen molar-refractivity contribution in [1.82, 2.24) is 10.2 Å². The summed E-state index contributed by atoms with van der Waals surface area (Å²) in [5.41, 5.74) is 2.30. The molecule has 0 spiro atoms. The van der Waals surface area contributed by atoms with Crippen LogP contribution in [0.2, 0.25) is 0 Å². The molecule has 1 heterocycles. The molecule has 0 bridgehead atoms. The zero-order valence-corrected chi connectivity index (χ0v) is 16.5. The summed E-state index contributed by atoms with van der Waals surface area (Å²) in [5.74, 6) is 1.12. The van der Waals surface area contributed by atoms with Crippen molar-refractivity contribution in [2.24, 2.45) is 0 Å². The summed E-state index contributed by atoms with van der Waals surface area (Å²) in [5, 5.41) is 2.99. The molecule has 1 fully saturated rings. The van der Waals surface area contributed by atoms with Crippen LogP contribution in [0.5, 0.6) is 11.5 Å². The van der Waals surface area contributed by atoms with Gasteiger partial charge in [-0.05, 0) is 24.6 Å². The van der Waals surface area contributed by atoms with Gasteiger partial charge in [0.2, 0.25) is 5.91 Å². The van der Waals surface area contributed by atoms with Crippen molar-refractivity contribution in [3.05, 3.63) is 59.7 Å². The van der Waals surface area contributed by atoms with Gasteiger partial charge < -0.3 is 19.7 Å². The van der Waals surface area contributed by atoms with Crippen molar-refractivity contribution in [3.63, 3.8) is 0 Å². The molecule has 1 aliphatic rings. The van der Waals surface area contributed by atoms with Crippen molar-refractivity contribution in [2.45, 2.75) is 25.8 Å². The number of methoxy groups -OCH3 is 1. The lowest BCUT2D eigenvalue weighted by molar-refractivity contribution is -0.132. The maximum Gasteiger partial charge on any atom is 0.260 e. The molecule has 6 nitrogen and oxygen atoms in total. The van der Waals surface area contributed by atoms with Gasteiger partial charge in [0.15, 0.2) is 6.61 Å². The van der Waals surface area contributed by atoms with Crippen LogP contribution >= 0.6 is 0 Å². The van der Waals surface area contributed by atoms with E-state index >= 15 is 0 Å². The summed E-state index contributed by atoms with van der Waals surface area (Å²) in [7, 11) is 1.59. The predicted molar refractivity (Wildman–Crippen MR) is 107 cm³/mol. The highest BCUT2D eigenvalue weighted by atomic mass is 16.5. The Hall–Kier alpha value is -3.02. The largest absolute Gasteiger partial charge is 0.497 e. The number of carbonyl (C=O) groups excluding carboxylic acids is 2. The number of amides is 2. The third kappa shape index (κ3) is 4.82. The number of hydrogen-bond acceptors (Lipinski definition) is 4. The normalized spacial score (nSPS) is 18.6.